The van der Waals surface area contributed by atoms with Crippen molar-refractivity contribution in [1.82, 2.24) is 5.32 Å². The van der Waals surface area contributed by atoms with Crippen LogP contribution in [0.1, 0.15) is 59.8 Å². The Morgan fingerprint density at radius 2 is 2.06 bits per heavy atom. The van der Waals surface area contributed by atoms with Crippen molar-refractivity contribution in [2.24, 2.45) is 11.8 Å². The number of aliphatic hydroxyl groups is 1. The zero-order chi connectivity index (χ0) is 12.2. The predicted molar refractivity (Wildman–Crippen MR) is 69.5 cm³/mol. The van der Waals surface area contributed by atoms with Gasteiger partial charge in [-0.05, 0) is 31.6 Å². The van der Waals surface area contributed by atoms with Crippen molar-refractivity contribution in [1.29, 1.82) is 0 Å². The third-order valence-corrected chi connectivity index (χ3v) is 4.11. The molecule has 2 N–H and O–H groups in total. The van der Waals surface area contributed by atoms with E-state index in [9.17, 15) is 5.11 Å². The highest BCUT2D eigenvalue weighted by atomic mass is 16.3. The first-order valence-electron chi connectivity index (χ1n) is 6.91. The van der Waals surface area contributed by atoms with Crippen molar-refractivity contribution in [2.45, 2.75) is 71.4 Å². The topological polar surface area (TPSA) is 32.3 Å². The maximum atomic E-state index is 10.5. The van der Waals surface area contributed by atoms with E-state index in [0.717, 1.165) is 12.5 Å². The Hall–Kier alpha value is -0.0800. The Morgan fingerprint density at radius 1 is 1.38 bits per heavy atom. The molecule has 0 aromatic heterocycles. The molecule has 1 aliphatic carbocycles. The molecule has 0 aliphatic heterocycles. The predicted octanol–water partition coefficient (Wildman–Crippen LogP) is 2.95. The first kappa shape index (κ1) is 14.0. The van der Waals surface area contributed by atoms with E-state index in [1.54, 1.807) is 0 Å². The van der Waals surface area contributed by atoms with Gasteiger partial charge in [-0.15, -0.1) is 0 Å². The maximum absolute atomic E-state index is 10.5. The molecule has 0 bridgehead atoms. The summed E-state index contributed by atoms with van der Waals surface area (Å²) in [4.78, 5) is 0. The number of rotatable bonds is 5. The third-order valence-electron chi connectivity index (χ3n) is 4.11. The minimum absolute atomic E-state index is 0.456. The van der Waals surface area contributed by atoms with Gasteiger partial charge < -0.3 is 10.4 Å². The van der Waals surface area contributed by atoms with Crippen LogP contribution in [0.4, 0.5) is 0 Å². The standard InChI is InChI=1S/C14H29NO/c1-5-12-7-6-8-13(9-12)14(4,16)10-15-11(2)3/h11-13,15-16H,5-10H2,1-4H3. The summed E-state index contributed by atoms with van der Waals surface area (Å²) in [5.74, 6) is 1.32. The molecule has 0 heterocycles. The lowest BCUT2D eigenvalue weighted by molar-refractivity contribution is -0.0259. The summed E-state index contributed by atoms with van der Waals surface area (Å²) in [5.41, 5.74) is -0.530. The van der Waals surface area contributed by atoms with Crippen LogP contribution in [0.3, 0.4) is 0 Å². The van der Waals surface area contributed by atoms with Crippen molar-refractivity contribution in [2.75, 3.05) is 6.54 Å². The smallest absolute Gasteiger partial charge is 0.0771 e. The van der Waals surface area contributed by atoms with Gasteiger partial charge in [0.15, 0.2) is 0 Å². The summed E-state index contributed by atoms with van der Waals surface area (Å²) in [5, 5.41) is 13.9. The van der Waals surface area contributed by atoms with E-state index < -0.39 is 5.60 Å². The van der Waals surface area contributed by atoms with Crippen LogP contribution in [0.2, 0.25) is 0 Å². The molecule has 96 valence electrons. The highest BCUT2D eigenvalue weighted by molar-refractivity contribution is 4.88. The van der Waals surface area contributed by atoms with Crippen LogP contribution in [-0.2, 0) is 0 Å². The Balaban J connectivity index is 2.46. The Morgan fingerprint density at radius 3 is 2.62 bits per heavy atom. The van der Waals surface area contributed by atoms with Gasteiger partial charge in [-0.2, -0.15) is 0 Å². The quantitative estimate of drug-likeness (QED) is 0.757. The largest absolute Gasteiger partial charge is 0.389 e. The van der Waals surface area contributed by atoms with Crippen LogP contribution in [0, 0.1) is 11.8 Å². The molecule has 3 atom stereocenters. The lowest BCUT2D eigenvalue weighted by Gasteiger charge is -2.39. The summed E-state index contributed by atoms with van der Waals surface area (Å²) in [6, 6.07) is 0.456. The third kappa shape index (κ3) is 4.06. The van der Waals surface area contributed by atoms with Crippen molar-refractivity contribution in [3.63, 3.8) is 0 Å². The monoisotopic (exact) mass is 227 g/mol. The highest BCUT2D eigenvalue weighted by Crippen LogP contribution is 2.36. The van der Waals surface area contributed by atoms with Crippen molar-refractivity contribution in [3.05, 3.63) is 0 Å². The van der Waals surface area contributed by atoms with Gasteiger partial charge in [0.1, 0.15) is 0 Å². The molecule has 0 aromatic carbocycles. The second-order valence-corrected chi connectivity index (χ2v) is 6.03. The van der Waals surface area contributed by atoms with Gasteiger partial charge in [0.25, 0.3) is 0 Å². The van der Waals surface area contributed by atoms with Gasteiger partial charge in [0, 0.05) is 12.6 Å². The van der Waals surface area contributed by atoms with Crippen LogP contribution in [0.15, 0.2) is 0 Å². The number of hydrogen-bond acceptors (Lipinski definition) is 2. The lowest BCUT2D eigenvalue weighted by atomic mass is 9.72. The van der Waals surface area contributed by atoms with Crippen LogP contribution in [0.25, 0.3) is 0 Å². The highest BCUT2D eigenvalue weighted by Gasteiger charge is 2.35. The van der Waals surface area contributed by atoms with Gasteiger partial charge in [-0.25, -0.2) is 0 Å². The molecule has 1 fully saturated rings. The molecule has 0 radical (unpaired) electrons. The van der Waals surface area contributed by atoms with E-state index in [-0.39, 0.29) is 0 Å². The summed E-state index contributed by atoms with van der Waals surface area (Å²) >= 11 is 0. The molecular weight excluding hydrogens is 198 g/mol. The number of hydrogen-bond donors (Lipinski definition) is 2. The van der Waals surface area contributed by atoms with E-state index in [1.807, 2.05) is 6.92 Å². The Bertz CT molecular complexity index is 201. The fourth-order valence-electron chi connectivity index (χ4n) is 2.78. The van der Waals surface area contributed by atoms with Crippen LogP contribution >= 0.6 is 0 Å². The molecule has 2 heteroatoms. The van der Waals surface area contributed by atoms with Gasteiger partial charge in [0.2, 0.25) is 0 Å². The van der Waals surface area contributed by atoms with Gasteiger partial charge in [-0.1, -0.05) is 40.0 Å². The second kappa shape index (κ2) is 6.02. The average Bonchev–Trinajstić information content (AvgIpc) is 2.27. The fourth-order valence-corrected chi connectivity index (χ4v) is 2.78. The molecule has 3 unspecified atom stereocenters. The van der Waals surface area contributed by atoms with Crippen LogP contribution in [0.5, 0.6) is 0 Å². The molecular formula is C14H29NO. The summed E-state index contributed by atoms with van der Waals surface area (Å²) in [7, 11) is 0. The summed E-state index contributed by atoms with van der Waals surface area (Å²) < 4.78 is 0. The van der Waals surface area contributed by atoms with E-state index in [4.69, 9.17) is 0 Å². The zero-order valence-corrected chi connectivity index (χ0v) is 11.4. The zero-order valence-electron chi connectivity index (χ0n) is 11.4. The van der Waals surface area contributed by atoms with Crippen LogP contribution < -0.4 is 5.32 Å². The van der Waals surface area contributed by atoms with Crippen molar-refractivity contribution >= 4 is 0 Å². The van der Waals surface area contributed by atoms with Gasteiger partial charge >= 0.3 is 0 Å². The molecule has 0 spiro atoms. The second-order valence-electron chi connectivity index (χ2n) is 6.03. The van der Waals surface area contributed by atoms with Crippen molar-refractivity contribution < 1.29 is 5.11 Å². The molecule has 0 aromatic rings. The maximum Gasteiger partial charge on any atom is 0.0771 e. The summed E-state index contributed by atoms with van der Waals surface area (Å²) in [6.45, 7) is 9.27. The normalized spacial score (nSPS) is 30.4. The van der Waals surface area contributed by atoms with Crippen molar-refractivity contribution in [3.8, 4) is 0 Å². The molecule has 0 saturated heterocycles. The molecule has 1 aliphatic rings. The van der Waals surface area contributed by atoms with Gasteiger partial charge in [-0.3, -0.25) is 0 Å². The minimum atomic E-state index is -0.530. The molecule has 1 saturated carbocycles. The van der Waals surface area contributed by atoms with E-state index in [1.165, 1.54) is 32.1 Å². The first-order chi connectivity index (χ1) is 7.45. The summed E-state index contributed by atoms with van der Waals surface area (Å²) in [6.07, 6.45) is 6.33. The minimum Gasteiger partial charge on any atom is -0.389 e. The molecule has 1 rings (SSSR count). The van der Waals surface area contributed by atoms with Gasteiger partial charge in [0.05, 0.1) is 5.60 Å². The average molecular weight is 227 g/mol. The first-order valence-corrected chi connectivity index (χ1v) is 6.91. The molecule has 16 heavy (non-hydrogen) atoms. The molecule has 0 amide bonds. The van der Waals surface area contributed by atoms with Crippen LogP contribution in [-0.4, -0.2) is 23.3 Å². The fraction of sp³-hybridized carbons (Fsp3) is 1.00. The van der Waals surface area contributed by atoms with E-state index >= 15 is 0 Å². The SMILES string of the molecule is CCC1CCCC(C(C)(O)CNC(C)C)C1. The lowest BCUT2D eigenvalue weighted by Crippen LogP contribution is -2.47. The van der Waals surface area contributed by atoms with E-state index in [2.05, 4.69) is 26.1 Å². The molecule has 2 nitrogen and oxygen atoms in total. The Labute approximate surface area is 101 Å². The Kier molecular flexibility index (Phi) is 5.26. The number of nitrogens with one attached hydrogen (secondary N) is 1. The van der Waals surface area contributed by atoms with E-state index in [0.29, 0.717) is 12.0 Å².